The standard InChI is InChI=1S/C14H24N4O2/c1-2-6-15-14-16-7-3-13(17-14)18-8-4-12(5-9-18)20-11-10-19/h3,7,12,19H,2,4-6,8-11H2,1H3,(H,15,16,17). The van der Waals surface area contributed by atoms with Gasteiger partial charge in [-0.15, -0.1) is 0 Å². The van der Waals surface area contributed by atoms with Crippen molar-refractivity contribution >= 4 is 11.8 Å². The summed E-state index contributed by atoms with van der Waals surface area (Å²) in [5.41, 5.74) is 0. The van der Waals surface area contributed by atoms with Crippen LogP contribution in [0.3, 0.4) is 0 Å². The van der Waals surface area contributed by atoms with E-state index in [2.05, 4.69) is 27.1 Å². The van der Waals surface area contributed by atoms with Crippen molar-refractivity contribution in [1.29, 1.82) is 0 Å². The minimum atomic E-state index is 0.0958. The molecule has 20 heavy (non-hydrogen) atoms. The first-order valence-electron chi connectivity index (χ1n) is 7.37. The predicted molar refractivity (Wildman–Crippen MR) is 79.1 cm³/mol. The summed E-state index contributed by atoms with van der Waals surface area (Å²) in [4.78, 5) is 11.0. The van der Waals surface area contributed by atoms with Gasteiger partial charge in [-0.25, -0.2) is 4.98 Å². The molecule has 0 unspecified atom stereocenters. The number of nitrogens with one attached hydrogen (secondary N) is 1. The van der Waals surface area contributed by atoms with Crippen molar-refractivity contribution in [2.75, 3.05) is 43.1 Å². The normalized spacial score (nSPS) is 16.4. The van der Waals surface area contributed by atoms with E-state index in [0.717, 1.165) is 44.7 Å². The van der Waals surface area contributed by atoms with Gasteiger partial charge in [0.15, 0.2) is 0 Å². The smallest absolute Gasteiger partial charge is 0.224 e. The van der Waals surface area contributed by atoms with Gasteiger partial charge in [0.05, 0.1) is 19.3 Å². The van der Waals surface area contributed by atoms with Gasteiger partial charge >= 0.3 is 0 Å². The molecule has 0 amide bonds. The summed E-state index contributed by atoms with van der Waals surface area (Å²) in [6.07, 6.45) is 5.07. The SMILES string of the molecule is CCCNc1nccc(N2CCC(OCCO)CC2)n1. The van der Waals surface area contributed by atoms with Gasteiger partial charge in [0.2, 0.25) is 5.95 Å². The molecule has 0 aromatic carbocycles. The zero-order valence-corrected chi connectivity index (χ0v) is 12.1. The van der Waals surface area contributed by atoms with Crippen LogP contribution >= 0.6 is 0 Å². The zero-order valence-electron chi connectivity index (χ0n) is 12.1. The second-order valence-electron chi connectivity index (χ2n) is 4.95. The molecule has 1 aromatic rings. The molecule has 1 fully saturated rings. The van der Waals surface area contributed by atoms with Crippen LogP contribution in [0.4, 0.5) is 11.8 Å². The number of aliphatic hydroxyl groups excluding tert-OH is 1. The number of aliphatic hydroxyl groups is 1. The molecule has 1 aromatic heterocycles. The Hall–Kier alpha value is -1.40. The van der Waals surface area contributed by atoms with Gasteiger partial charge in [-0.2, -0.15) is 4.98 Å². The van der Waals surface area contributed by atoms with Gasteiger partial charge in [0.1, 0.15) is 5.82 Å². The largest absolute Gasteiger partial charge is 0.394 e. The van der Waals surface area contributed by atoms with Crippen LogP contribution in [-0.2, 0) is 4.74 Å². The van der Waals surface area contributed by atoms with Gasteiger partial charge in [0, 0.05) is 25.8 Å². The van der Waals surface area contributed by atoms with Crippen LogP contribution in [0.1, 0.15) is 26.2 Å². The Morgan fingerprint density at radius 3 is 2.95 bits per heavy atom. The molecule has 0 atom stereocenters. The number of anilines is 2. The third-order valence-corrected chi connectivity index (χ3v) is 3.38. The van der Waals surface area contributed by atoms with Crippen molar-refractivity contribution < 1.29 is 9.84 Å². The Morgan fingerprint density at radius 2 is 2.25 bits per heavy atom. The fourth-order valence-electron chi connectivity index (χ4n) is 2.32. The Morgan fingerprint density at radius 1 is 1.45 bits per heavy atom. The summed E-state index contributed by atoms with van der Waals surface area (Å²) in [6, 6.07) is 1.95. The van der Waals surface area contributed by atoms with E-state index >= 15 is 0 Å². The molecule has 2 rings (SSSR count). The van der Waals surface area contributed by atoms with Gasteiger partial charge in [-0.3, -0.25) is 0 Å². The molecule has 1 aliphatic heterocycles. The number of ether oxygens (including phenoxy) is 1. The maximum atomic E-state index is 8.77. The minimum Gasteiger partial charge on any atom is -0.394 e. The number of piperidine rings is 1. The van der Waals surface area contributed by atoms with Gasteiger partial charge in [0.25, 0.3) is 0 Å². The Labute approximate surface area is 120 Å². The second-order valence-corrected chi connectivity index (χ2v) is 4.95. The van der Waals surface area contributed by atoms with E-state index in [1.165, 1.54) is 0 Å². The lowest BCUT2D eigenvalue weighted by Crippen LogP contribution is -2.37. The van der Waals surface area contributed by atoms with Crippen LogP contribution in [0.5, 0.6) is 0 Å². The Bertz CT molecular complexity index is 395. The van der Waals surface area contributed by atoms with Gasteiger partial charge < -0.3 is 20.1 Å². The lowest BCUT2D eigenvalue weighted by molar-refractivity contribution is 0.0158. The average molecular weight is 280 g/mol. The number of aromatic nitrogens is 2. The maximum Gasteiger partial charge on any atom is 0.224 e. The van der Waals surface area contributed by atoms with E-state index in [9.17, 15) is 0 Å². The number of nitrogens with zero attached hydrogens (tertiary/aromatic N) is 3. The van der Waals surface area contributed by atoms with E-state index < -0.39 is 0 Å². The highest BCUT2D eigenvalue weighted by Crippen LogP contribution is 2.20. The zero-order chi connectivity index (χ0) is 14.2. The molecule has 6 nitrogen and oxygen atoms in total. The van der Waals surface area contributed by atoms with E-state index in [-0.39, 0.29) is 12.7 Å². The monoisotopic (exact) mass is 280 g/mol. The number of hydrogen-bond donors (Lipinski definition) is 2. The molecule has 2 N–H and O–H groups in total. The Balaban J connectivity index is 1.86. The van der Waals surface area contributed by atoms with Crippen molar-refractivity contribution in [3.63, 3.8) is 0 Å². The van der Waals surface area contributed by atoms with Crippen LogP contribution < -0.4 is 10.2 Å². The van der Waals surface area contributed by atoms with Crippen LogP contribution in [0.2, 0.25) is 0 Å². The van der Waals surface area contributed by atoms with Crippen LogP contribution in [0.25, 0.3) is 0 Å². The molecular formula is C14H24N4O2. The molecule has 0 spiro atoms. The van der Waals surface area contributed by atoms with Crippen LogP contribution in [0, 0.1) is 0 Å². The second kappa shape index (κ2) is 8.01. The summed E-state index contributed by atoms with van der Waals surface area (Å²) in [7, 11) is 0. The van der Waals surface area contributed by atoms with Gasteiger partial charge in [-0.05, 0) is 25.3 Å². The first kappa shape index (κ1) is 15.0. The fourth-order valence-corrected chi connectivity index (χ4v) is 2.32. The van der Waals surface area contributed by atoms with E-state index in [0.29, 0.717) is 12.6 Å². The van der Waals surface area contributed by atoms with E-state index in [1.807, 2.05) is 6.07 Å². The third-order valence-electron chi connectivity index (χ3n) is 3.38. The van der Waals surface area contributed by atoms with Gasteiger partial charge in [-0.1, -0.05) is 6.92 Å². The fraction of sp³-hybridized carbons (Fsp3) is 0.714. The van der Waals surface area contributed by atoms with Crippen LogP contribution in [-0.4, -0.2) is 54.0 Å². The number of rotatable bonds is 7. The summed E-state index contributed by atoms with van der Waals surface area (Å²) < 4.78 is 5.57. The van der Waals surface area contributed by atoms with Crippen molar-refractivity contribution in [3.05, 3.63) is 12.3 Å². The van der Waals surface area contributed by atoms with Crippen molar-refractivity contribution in [1.82, 2.24) is 9.97 Å². The first-order valence-corrected chi connectivity index (χ1v) is 7.37. The number of hydrogen-bond acceptors (Lipinski definition) is 6. The molecule has 1 saturated heterocycles. The van der Waals surface area contributed by atoms with E-state index in [1.54, 1.807) is 6.20 Å². The molecular weight excluding hydrogens is 256 g/mol. The molecule has 0 aliphatic carbocycles. The third kappa shape index (κ3) is 4.31. The van der Waals surface area contributed by atoms with Crippen molar-refractivity contribution in [2.24, 2.45) is 0 Å². The topological polar surface area (TPSA) is 70.5 Å². The lowest BCUT2D eigenvalue weighted by atomic mass is 10.1. The quantitative estimate of drug-likeness (QED) is 0.784. The summed E-state index contributed by atoms with van der Waals surface area (Å²) in [6.45, 7) is 5.40. The molecule has 2 heterocycles. The van der Waals surface area contributed by atoms with Crippen LogP contribution in [0.15, 0.2) is 12.3 Å². The van der Waals surface area contributed by atoms with Crippen molar-refractivity contribution in [3.8, 4) is 0 Å². The summed E-state index contributed by atoms with van der Waals surface area (Å²) in [5, 5.41) is 12.0. The summed E-state index contributed by atoms with van der Waals surface area (Å²) in [5.74, 6) is 1.67. The Kier molecular flexibility index (Phi) is 6.01. The molecule has 0 bridgehead atoms. The molecule has 0 radical (unpaired) electrons. The minimum absolute atomic E-state index is 0.0958. The highest BCUT2D eigenvalue weighted by molar-refractivity contribution is 5.42. The highest BCUT2D eigenvalue weighted by Gasteiger charge is 2.20. The predicted octanol–water partition coefficient (Wildman–Crippen LogP) is 1.28. The molecule has 112 valence electrons. The van der Waals surface area contributed by atoms with Crippen molar-refractivity contribution in [2.45, 2.75) is 32.3 Å². The maximum absolute atomic E-state index is 8.77. The molecule has 1 aliphatic rings. The first-order chi connectivity index (χ1) is 9.83. The van der Waals surface area contributed by atoms with E-state index in [4.69, 9.17) is 9.84 Å². The molecule has 0 saturated carbocycles. The lowest BCUT2D eigenvalue weighted by Gasteiger charge is -2.32. The average Bonchev–Trinajstić information content (AvgIpc) is 2.52. The molecule has 6 heteroatoms. The summed E-state index contributed by atoms with van der Waals surface area (Å²) >= 11 is 0. The highest BCUT2D eigenvalue weighted by atomic mass is 16.5.